The normalized spacial score (nSPS) is 14.2. The second kappa shape index (κ2) is 63.5. The molecule has 17 nitrogen and oxygen atoms in total. The van der Waals surface area contributed by atoms with E-state index in [9.17, 15) is 43.2 Å². The molecule has 0 aromatic carbocycles. The minimum absolute atomic E-state index is 0.105. The van der Waals surface area contributed by atoms with Gasteiger partial charge in [0.15, 0.2) is 12.2 Å². The third-order valence-electron chi connectivity index (χ3n) is 17.1. The molecular weight excluding hydrogens is 1220 g/mol. The molecule has 0 aliphatic carbocycles. The van der Waals surface area contributed by atoms with Gasteiger partial charge in [-0.2, -0.15) is 0 Å². The molecule has 0 aliphatic heterocycles. The maximum Gasteiger partial charge on any atom is 0.472 e. The van der Waals surface area contributed by atoms with Crippen molar-refractivity contribution in [2.45, 2.75) is 388 Å². The highest BCUT2D eigenvalue weighted by atomic mass is 31.2. The van der Waals surface area contributed by atoms with Gasteiger partial charge in [0.1, 0.15) is 19.3 Å². The first-order valence-electron chi connectivity index (χ1n) is 38.2. The number of aliphatic hydroxyl groups is 1. The van der Waals surface area contributed by atoms with Crippen molar-refractivity contribution in [3.05, 3.63) is 0 Å². The fraction of sp³-hybridized carbons (Fsp3) is 0.946. The van der Waals surface area contributed by atoms with Gasteiger partial charge in [0, 0.05) is 25.7 Å². The van der Waals surface area contributed by atoms with E-state index in [1.807, 2.05) is 0 Å². The number of esters is 4. The number of carbonyl (C=O) groups excluding carboxylic acids is 4. The number of phosphoric ester groups is 2. The highest BCUT2D eigenvalue weighted by Crippen LogP contribution is 2.45. The van der Waals surface area contributed by atoms with Crippen LogP contribution in [0.2, 0.25) is 0 Å². The van der Waals surface area contributed by atoms with Crippen LogP contribution >= 0.6 is 15.6 Å². The zero-order valence-corrected chi connectivity index (χ0v) is 62.7. The Hall–Kier alpha value is -1.94. The van der Waals surface area contributed by atoms with Crippen LogP contribution in [0.15, 0.2) is 0 Å². The molecule has 0 fully saturated rings. The molecule has 0 amide bonds. The van der Waals surface area contributed by atoms with Gasteiger partial charge >= 0.3 is 39.5 Å². The summed E-state index contributed by atoms with van der Waals surface area (Å²) in [7, 11) is -9.91. The Kier molecular flexibility index (Phi) is 62.2. The molecular formula is C74H144O17P2. The molecule has 19 heteroatoms. The monoisotopic (exact) mass is 1370 g/mol. The van der Waals surface area contributed by atoms with Gasteiger partial charge in [-0.25, -0.2) is 9.13 Å². The van der Waals surface area contributed by atoms with E-state index in [4.69, 9.17) is 37.0 Å². The molecule has 0 heterocycles. The zero-order valence-electron chi connectivity index (χ0n) is 60.9. The van der Waals surface area contributed by atoms with E-state index in [-0.39, 0.29) is 25.7 Å². The predicted octanol–water partition coefficient (Wildman–Crippen LogP) is 21.3. The SMILES string of the molecule is CC(C)CCCCCCCCCCCCCCC(=O)OC[C@H](COP(=O)(O)OCC(O)COP(=O)(O)OC[C@@H](COC(=O)CCCCCCCCCC(C)C)OC(=O)CCCCCCCCCCCCCC(C)C)OC(=O)CCCCCCCCCCCCCC(C)C. The summed E-state index contributed by atoms with van der Waals surface area (Å²) in [5.41, 5.74) is 0. The second-order valence-electron chi connectivity index (χ2n) is 28.6. The first kappa shape index (κ1) is 91.1. The van der Waals surface area contributed by atoms with E-state index in [0.29, 0.717) is 31.6 Å². The van der Waals surface area contributed by atoms with Crippen LogP contribution in [-0.4, -0.2) is 96.7 Å². The highest BCUT2D eigenvalue weighted by Gasteiger charge is 2.30. The molecule has 93 heavy (non-hydrogen) atoms. The van der Waals surface area contributed by atoms with Crippen molar-refractivity contribution >= 4 is 39.5 Å². The van der Waals surface area contributed by atoms with E-state index in [2.05, 4.69) is 55.4 Å². The van der Waals surface area contributed by atoms with E-state index >= 15 is 0 Å². The van der Waals surface area contributed by atoms with E-state index in [1.54, 1.807) is 0 Å². The van der Waals surface area contributed by atoms with Gasteiger partial charge in [-0.15, -0.1) is 0 Å². The number of aliphatic hydroxyl groups excluding tert-OH is 1. The topological polar surface area (TPSA) is 237 Å². The zero-order chi connectivity index (χ0) is 68.9. The summed E-state index contributed by atoms with van der Waals surface area (Å²) in [6.07, 6.45) is 47.2. The van der Waals surface area contributed by atoms with Crippen LogP contribution in [0.1, 0.15) is 370 Å². The molecule has 5 atom stereocenters. The standard InChI is InChI=1S/C74H144O17P2/c1-64(2)50-42-34-26-19-13-9-10-16-22-30-38-46-54-71(76)84-60-69(90-73(78)56-48-40-31-23-17-11-14-20-27-35-43-51-65(3)4)62-88-92(80,81)86-58-68(75)59-87-93(82,83)89-63-70(61-85-72(77)55-47-39-33-25-29-37-45-53-67(7)8)91-74(79)57-49-41-32-24-18-12-15-21-28-36-44-52-66(5)6/h64-70,75H,9-63H2,1-8H3,(H,80,81)(H,82,83)/t68?,69-,70-/m1/s1. The number of phosphoric acid groups is 2. The minimum atomic E-state index is -4.96. The summed E-state index contributed by atoms with van der Waals surface area (Å²) in [4.78, 5) is 72.7. The summed E-state index contributed by atoms with van der Waals surface area (Å²) in [6.45, 7) is 14.1. The predicted molar refractivity (Wildman–Crippen MR) is 377 cm³/mol. The Balaban J connectivity index is 5.26. The summed E-state index contributed by atoms with van der Waals surface area (Å²) in [6, 6.07) is 0. The number of unbranched alkanes of at least 4 members (excludes halogenated alkanes) is 37. The van der Waals surface area contributed by atoms with Gasteiger partial charge in [-0.1, -0.05) is 319 Å². The van der Waals surface area contributed by atoms with Crippen LogP contribution in [-0.2, 0) is 65.4 Å². The van der Waals surface area contributed by atoms with E-state index < -0.39 is 97.5 Å². The van der Waals surface area contributed by atoms with Crippen molar-refractivity contribution in [1.29, 1.82) is 0 Å². The fourth-order valence-electron chi connectivity index (χ4n) is 11.2. The molecule has 552 valence electrons. The average molecular weight is 1370 g/mol. The Bertz CT molecular complexity index is 1830. The van der Waals surface area contributed by atoms with Crippen LogP contribution in [0.3, 0.4) is 0 Å². The molecule has 0 saturated heterocycles. The van der Waals surface area contributed by atoms with E-state index in [0.717, 1.165) is 114 Å². The van der Waals surface area contributed by atoms with Crippen LogP contribution in [0.4, 0.5) is 0 Å². The summed E-state index contributed by atoms with van der Waals surface area (Å²) in [5, 5.41) is 10.6. The Morgan fingerprint density at radius 1 is 0.269 bits per heavy atom. The van der Waals surface area contributed by atoms with E-state index in [1.165, 1.54) is 167 Å². The van der Waals surface area contributed by atoms with Crippen molar-refractivity contribution in [3.63, 3.8) is 0 Å². The van der Waals surface area contributed by atoms with Crippen molar-refractivity contribution in [2.75, 3.05) is 39.6 Å². The number of hydrogen-bond acceptors (Lipinski definition) is 15. The summed E-state index contributed by atoms with van der Waals surface area (Å²) in [5.74, 6) is 0.894. The molecule has 0 aromatic heterocycles. The van der Waals surface area contributed by atoms with Gasteiger partial charge < -0.3 is 33.8 Å². The molecule has 3 N–H and O–H groups in total. The van der Waals surface area contributed by atoms with Crippen molar-refractivity contribution in [2.24, 2.45) is 23.7 Å². The number of rotatable bonds is 71. The molecule has 0 rings (SSSR count). The molecule has 0 aliphatic rings. The van der Waals surface area contributed by atoms with Crippen LogP contribution in [0.25, 0.3) is 0 Å². The molecule has 0 bridgehead atoms. The van der Waals surface area contributed by atoms with Gasteiger partial charge in [0.25, 0.3) is 0 Å². The maximum atomic E-state index is 13.1. The third-order valence-corrected chi connectivity index (χ3v) is 19.0. The lowest BCUT2D eigenvalue weighted by Gasteiger charge is -2.21. The van der Waals surface area contributed by atoms with Crippen LogP contribution in [0, 0.1) is 23.7 Å². The van der Waals surface area contributed by atoms with Crippen molar-refractivity contribution in [1.82, 2.24) is 0 Å². The fourth-order valence-corrected chi connectivity index (χ4v) is 12.8. The number of ether oxygens (including phenoxy) is 4. The van der Waals surface area contributed by atoms with Gasteiger partial charge in [0.2, 0.25) is 0 Å². The smallest absolute Gasteiger partial charge is 0.462 e. The van der Waals surface area contributed by atoms with Gasteiger partial charge in [-0.3, -0.25) is 37.3 Å². The lowest BCUT2D eigenvalue weighted by atomic mass is 10.0. The first-order valence-corrected chi connectivity index (χ1v) is 41.2. The Morgan fingerprint density at radius 3 is 0.667 bits per heavy atom. The Labute approximate surface area is 568 Å². The molecule has 3 unspecified atom stereocenters. The summed E-state index contributed by atoms with van der Waals surface area (Å²) >= 11 is 0. The first-order chi connectivity index (χ1) is 44.6. The minimum Gasteiger partial charge on any atom is -0.462 e. The molecule has 0 radical (unpaired) electrons. The number of carbonyl (C=O) groups is 4. The molecule has 0 spiro atoms. The quantitative estimate of drug-likeness (QED) is 0.0222. The number of hydrogen-bond donors (Lipinski definition) is 3. The van der Waals surface area contributed by atoms with Crippen LogP contribution in [0.5, 0.6) is 0 Å². The lowest BCUT2D eigenvalue weighted by molar-refractivity contribution is -0.161. The highest BCUT2D eigenvalue weighted by molar-refractivity contribution is 7.47. The maximum absolute atomic E-state index is 13.1. The van der Waals surface area contributed by atoms with Crippen molar-refractivity contribution < 1.29 is 80.2 Å². The average Bonchev–Trinajstić information content (AvgIpc) is 2.14. The molecule has 0 saturated carbocycles. The van der Waals surface area contributed by atoms with Gasteiger partial charge in [0.05, 0.1) is 26.4 Å². The largest absolute Gasteiger partial charge is 0.472 e. The third kappa shape index (κ3) is 68.4. The lowest BCUT2D eigenvalue weighted by Crippen LogP contribution is -2.30. The second-order valence-corrected chi connectivity index (χ2v) is 31.5. The van der Waals surface area contributed by atoms with Crippen molar-refractivity contribution in [3.8, 4) is 0 Å². The van der Waals surface area contributed by atoms with Gasteiger partial charge in [-0.05, 0) is 49.4 Å². The molecule has 0 aromatic rings. The Morgan fingerprint density at radius 2 is 0.452 bits per heavy atom. The summed E-state index contributed by atoms with van der Waals surface area (Å²) < 4.78 is 68.5. The van der Waals surface area contributed by atoms with Crippen LogP contribution < -0.4 is 0 Å².